The third-order valence-electron chi connectivity index (χ3n) is 1.90. The summed E-state index contributed by atoms with van der Waals surface area (Å²) < 4.78 is 0. The van der Waals surface area contributed by atoms with Crippen molar-refractivity contribution in [3.05, 3.63) is 48.0 Å². The highest BCUT2D eigenvalue weighted by atomic mass is 16.4. The molecule has 1 N–H and O–H groups in total. The number of carboxylic acids is 1. The van der Waals surface area contributed by atoms with E-state index in [0.717, 1.165) is 12.8 Å². The molecule has 0 aliphatic heterocycles. The van der Waals surface area contributed by atoms with Crippen molar-refractivity contribution < 1.29 is 9.90 Å². The molecule has 0 fully saturated rings. The SMILES string of the molecule is O=C(O)C/C=C\CCc1ccccc1. The summed E-state index contributed by atoms with van der Waals surface area (Å²) in [6.45, 7) is 0. The average Bonchev–Trinajstić information content (AvgIpc) is 2.18. The fourth-order valence-electron chi connectivity index (χ4n) is 1.20. The summed E-state index contributed by atoms with van der Waals surface area (Å²) in [5, 5.41) is 8.38. The molecule has 0 saturated heterocycles. The Kier molecular flexibility index (Phi) is 4.48. The zero-order valence-corrected chi connectivity index (χ0v) is 8.02. The lowest BCUT2D eigenvalue weighted by Gasteiger charge is -1.95. The van der Waals surface area contributed by atoms with Crippen LogP contribution in [0.25, 0.3) is 0 Å². The number of carbonyl (C=O) groups is 1. The minimum absolute atomic E-state index is 0.120. The van der Waals surface area contributed by atoms with Gasteiger partial charge in [-0.05, 0) is 18.4 Å². The van der Waals surface area contributed by atoms with Crippen molar-refractivity contribution in [3.63, 3.8) is 0 Å². The Morgan fingerprint density at radius 2 is 1.93 bits per heavy atom. The fraction of sp³-hybridized carbons (Fsp3) is 0.250. The normalized spacial score (nSPS) is 10.6. The predicted octanol–water partition coefficient (Wildman–Crippen LogP) is 2.65. The summed E-state index contributed by atoms with van der Waals surface area (Å²) in [5.74, 6) is -0.777. The van der Waals surface area contributed by atoms with Gasteiger partial charge in [-0.3, -0.25) is 4.79 Å². The molecule has 0 spiro atoms. The maximum absolute atomic E-state index is 10.2. The molecule has 0 radical (unpaired) electrons. The molecule has 74 valence electrons. The monoisotopic (exact) mass is 190 g/mol. The molecular formula is C12H14O2. The molecule has 1 aromatic rings. The van der Waals surface area contributed by atoms with Gasteiger partial charge in [-0.25, -0.2) is 0 Å². The molecule has 14 heavy (non-hydrogen) atoms. The first-order valence-corrected chi connectivity index (χ1v) is 4.70. The number of aliphatic carboxylic acids is 1. The molecule has 0 unspecified atom stereocenters. The zero-order chi connectivity index (χ0) is 10.2. The average molecular weight is 190 g/mol. The Labute approximate surface area is 83.9 Å². The number of hydrogen-bond acceptors (Lipinski definition) is 1. The van der Waals surface area contributed by atoms with E-state index in [-0.39, 0.29) is 6.42 Å². The summed E-state index contributed by atoms with van der Waals surface area (Å²) >= 11 is 0. The number of benzene rings is 1. The maximum atomic E-state index is 10.2. The van der Waals surface area contributed by atoms with E-state index in [9.17, 15) is 4.79 Å². The third kappa shape index (κ3) is 4.45. The van der Waals surface area contributed by atoms with E-state index in [1.165, 1.54) is 5.56 Å². The summed E-state index contributed by atoms with van der Waals surface area (Å²) in [7, 11) is 0. The van der Waals surface area contributed by atoms with Gasteiger partial charge in [-0.15, -0.1) is 0 Å². The van der Waals surface area contributed by atoms with Gasteiger partial charge in [0.05, 0.1) is 6.42 Å². The van der Waals surface area contributed by atoms with Crippen molar-refractivity contribution in [3.8, 4) is 0 Å². The molecule has 1 aromatic carbocycles. The highest BCUT2D eigenvalue weighted by Gasteiger charge is 1.90. The molecule has 0 bridgehead atoms. The minimum atomic E-state index is -0.777. The number of carboxylic acid groups (broad SMARTS) is 1. The van der Waals surface area contributed by atoms with Gasteiger partial charge in [0.15, 0.2) is 0 Å². The van der Waals surface area contributed by atoms with Crippen LogP contribution in [0.4, 0.5) is 0 Å². The van der Waals surface area contributed by atoms with Crippen LogP contribution in [0.15, 0.2) is 42.5 Å². The maximum Gasteiger partial charge on any atom is 0.307 e. The quantitative estimate of drug-likeness (QED) is 0.725. The topological polar surface area (TPSA) is 37.3 Å². The van der Waals surface area contributed by atoms with Gasteiger partial charge < -0.3 is 5.11 Å². The number of rotatable bonds is 5. The van der Waals surface area contributed by atoms with Gasteiger partial charge in [-0.2, -0.15) is 0 Å². The van der Waals surface area contributed by atoms with Crippen LogP contribution in [0.1, 0.15) is 18.4 Å². The highest BCUT2D eigenvalue weighted by molar-refractivity contribution is 5.68. The van der Waals surface area contributed by atoms with Crippen LogP contribution >= 0.6 is 0 Å². The van der Waals surface area contributed by atoms with E-state index in [0.29, 0.717) is 0 Å². The molecule has 2 heteroatoms. The zero-order valence-electron chi connectivity index (χ0n) is 8.02. The Balaban J connectivity index is 2.22. The first kappa shape index (κ1) is 10.5. The lowest BCUT2D eigenvalue weighted by molar-refractivity contribution is -0.136. The van der Waals surface area contributed by atoms with E-state index >= 15 is 0 Å². The van der Waals surface area contributed by atoms with Gasteiger partial charge in [0.25, 0.3) is 0 Å². The van der Waals surface area contributed by atoms with Crippen LogP contribution in [0.5, 0.6) is 0 Å². The molecule has 0 aliphatic rings. The molecule has 0 amide bonds. The van der Waals surface area contributed by atoms with E-state index < -0.39 is 5.97 Å². The van der Waals surface area contributed by atoms with Gasteiger partial charge >= 0.3 is 5.97 Å². The Bertz CT molecular complexity index is 301. The number of hydrogen-bond donors (Lipinski definition) is 1. The molecule has 0 saturated carbocycles. The van der Waals surface area contributed by atoms with Crippen molar-refractivity contribution in [2.45, 2.75) is 19.3 Å². The van der Waals surface area contributed by atoms with Crippen molar-refractivity contribution in [2.75, 3.05) is 0 Å². The summed E-state index contributed by atoms with van der Waals surface area (Å²) in [6.07, 6.45) is 5.61. The minimum Gasteiger partial charge on any atom is -0.481 e. The Morgan fingerprint density at radius 1 is 1.21 bits per heavy atom. The van der Waals surface area contributed by atoms with Crippen LogP contribution < -0.4 is 0 Å². The van der Waals surface area contributed by atoms with Crippen molar-refractivity contribution in [2.24, 2.45) is 0 Å². The molecule has 0 heterocycles. The molecular weight excluding hydrogens is 176 g/mol. The van der Waals surface area contributed by atoms with E-state index in [4.69, 9.17) is 5.11 Å². The van der Waals surface area contributed by atoms with Gasteiger partial charge in [0, 0.05) is 0 Å². The first-order chi connectivity index (χ1) is 6.79. The summed E-state index contributed by atoms with van der Waals surface area (Å²) in [5.41, 5.74) is 1.28. The molecule has 1 rings (SSSR count). The smallest absolute Gasteiger partial charge is 0.307 e. The third-order valence-corrected chi connectivity index (χ3v) is 1.90. The van der Waals surface area contributed by atoms with Crippen LogP contribution in [0.2, 0.25) is 0 Å². The number of allylic oxidation sites excluding steroid dienone is 1. The Hall–Kier alpha value is -1.57. The van der Waals surface area contributed by atoms with E-state index in [1.54, 1.807) is 6.08 Å². The number of aryl methyl sites for hydroxylation is 1. The van der Waals surface area contributed by atoms with Crippen LogP contribution in [0.3, 0.4) is 0 Å². The Morgan fingerprint density at radius 3 is 2.57 bits per heavy atom. The van der Waals surface area contributed by atoms with Crippen LogP contribution in [-0.4, -0.2) is 11.1 Å². The lowest BCUT2D eigenvalue weighted by atomic mass is 10.1. The summed E-state index contributed by atoms with van der Waals surface area (Å²) in [4.78, 5) is 10.2. The second kappa shape index (κ2) is 5.97. The van der Waals surface area contributed by atoms with Gasteiger partial charge in [0.2, 0.25) is 0 Å². The van der Waals surface area contributed by atoms with Gasteiger partial charge in [0.1, 0.15) is 0 Å². The van der Waals surface area contributed by atoms with Gasteiger partial charge in [-0.1, -0.05) is 42.5 Å². The largest absolute Gasteiger partial charge is 0.481 e. The fourth-order valence-corrected chi connectivity index (χ4v) is 1.20. The van der Waals surface area contributed by atoms with E-state index in [1.807, 2.05) is 24.3 Å². The van der Waals surface area contributed by atoms with Crippen molar-refractivity contribution in [1.29, 1.82) is 0 Å². The highest BCUT2D eigenvalue weighted by Crippen LogP contribution is 2.02. The van der Waals surface area contributed by atoms with Crippen molar-refractivity contribution >= 4 is 5.97 Å². The van der Waals surface area contributed by atoms with Crippen LogP contribution in [-0.2, 0) is 11.2 Å². The van der Waals surface area contributed by atoms with Crippen molar-refractivity contribution in [1.82, 2.24) is 0 Å². The molecule has 0 aromatic heterocycles. The predicted molar refractivity (Wildman–Crippen MR) is 56.2 cm³/mol. The first-order valence-electron chi connectivity index (χ1n) is 4.70. The second-order valence-electron chi connectivity index (χ2n) is 3.09. The van der Waals surface area contributed by atoms with E-state index in [2.05, 4.69) is 12.1 Å². The molecule has 0 atom stereocenters. The summed E-state index contributed by atoms with van der Waals surface area (Å²) in [6, 6.07) is 10.2. The second-order valence-corrected chi connectivity index (χ2v) is 3.09. The lowest BCUT2D eigenvalue weighted by Crippen LogP contribution is -1.89. The molecule has 0 aliphatic carbocycles. The molecule has 2 nitrogen and oxygen atoms in total. The standard InChI is InChI=1S/C12H14O2/c13-12(14)10-6-2-5-9-11-7-3-1-4-8-11/h1-4,6-8H,5,9-10H2,(H,13,14)/b6-2-. The van der Waals surface area contributed by atoms with Crippen LogP contribution in [0, 0.1) is 0 Å².